The molecule has 0 aliphatic heterocycles. The first-order valence-corrected chi connectivity index (χ1v) is 5.75. The molecule has 0 aliphatic carbocycles. The second-order valence-electron chi connectivity index (χ2n) is 3.86. The van der Waals surface area contributed by atoms with Crippen molar-refractivity contribution in [3.63, 3.8) is 0 Å². The molecule has 0 atom stereocenters. The molecular formula is C14H11N3O3. The van der Waals surface area contributed by atoms with E-state index in [9.17, 15) is 14.4 Å². The van der Waals surface area contributed by atoms with Crippen molar-refractivity contribution in [3.8, 4) is 0 Å². The average Bonchev–Trinajstić information content (AvgIpc) is 2.48. The highest BCUT2D eigenvalue weighted by molar-refractivity contribution is 6.19. The summed E-state index contributed by atoms with van der Waals surface area (Å²) < 4.78 is 0. The Morgan fingerprint density at radius 2 is 1.55 bits per heavy atom. The minimum atomic E-state index is -1.14. The summed E-state index contributed by atoms with van der Waals surface area (Å²) in [4.78, 5) is 39.9. The molecule has 0 aliphatic rings. The van der Waals surface area contributed by atoms with Gasteiger partial charge in [0.25, 0.3) is 11.8 Å². The van der Waals surface area contributed by atoms with Gasteiger partial charge in [-0.3, -0.25) is 14.6 Å². The van der Waals surface area contributed by atoms with Gasteiger partial charge in [-0.1, -0.05) is 24.3 Å². The maximum Gasteiger partial charge on any atom is 0.329 e. The molecular weight excluding hydrogens is 258 g/mol. The Hall–Kier alpha value is -3.02. The summed E-state index contributed by atoms with van der Waals surface area (Å²) in [6, 6.07) is 11.4. The predicted octanol–water partition coefficient (Wildman–Crippen LogP) is 1.44. The maximum atomic E-state index is 12.2. The lowest BCUT2D eigenvalue weighted by Gasteiger charge is -2.16. The minimum Gasteiger partial charge on any atom is -0.351 e. The van der Waals surface area contributed by atoms with Crippen LogP contribution in [0.2, 0.25) is 0 Å². The van der Waals surface area contributed by atoms with Crippen LogP contribution < -0.4 is 5.73 Å². The summed E-state index contributed by atoms with van der Waals surface area (Å²) in [5, 5.41) is 0. The van der Waals surface area contributed by atoms with E-state index in [1.807, 2.05) is 0 Å². The van der Waals surface area contributed by atoms with Crippen molar-refractivity contribution in [2.75, 3.05) is 0 Å². The van der Waals surface area contributed by atoms with Gasteiger partial charge >= 0.3 is 6.03 Å². The molecule has 6 nitrogen and oxygen atoms in total. The quantitative estimate of drug-likeness (QED) is 0.835. The summed E-state index contributed by atoms with van der Waals surface area (Å²) in [6.07, 6.45) is 1.39. The summed E-state index contributed by atoms with van der Waals surface area (Å²) in [6.45, 7) is 0. The molecule has 1 aromatic carbocycles. The van der Waals surface area contributed by atoms with Gasteiger partial charge in [0.15, 0.2) is 0 Å². The number of aromatic nitrogens is 1. The molecule has 2 N–H and O–H groups in total. The van der Waals surface area contributed by atoms with Crippen molar-refractivity contribution in [3.05, 3.63) is 66.0 Å². The van der Waals surface area contributed by atoms with Crippen molar-refractivity contribution >= 4 is 17.8 Å². The normalized spacial score (nSPS) is 9.80. The number of amides is 4. The number of benzene rings is 1. The highest BCUT2D eigenvalue weighted by Crippen LogP contribution is 2.08. The molecule has 20 heavy (non-hydrogen) atoms. The lowest BCUT2D eigenvalue weighted by Crippen LogP contribution is -2.45. The van der Waals surface area contributed by atoms with Crippen LogP contribution in [-0.2, 0) is 0 Å². The second kappa shape index (κ2) is 5.75. The van der Waals surface area contributed by atoms with Gasteiger partial charge in [-0.25, -0.2) is 4.79 Å². The van der Waals surface area contributed by atoms with Crippen molar-refractivity contribution < 1.29 is 14.4 Å². The number of rotatable bonds is 2. The molecule has 2 aromatic rings. The molecule has 0 bridgehead atoms. The van der Waals surface area contributed by atoms with Gasteiger partial charge < -0.3 is 5.73 Å². The van der Waals surface area contributed by atoms with Crippen LogP contribution in [0.4, 0.5) is 4.79 Å². The van der Waals surface area contributed by atoms with Crippen LogP contribution in [0.3, 0.4) is 0 Å². The van der Waals surface area contributed by atoms with E-state index in [1.165, 1.54) is 24.4 Å². The van der Waals surface area contributed by atoms with Crippen LogP contribution in [0.25, 0.3) is 0 Å². The number of primary amides is 1. The SMILES string of the molecule is NC(=O)N(C(=O)c1ccccc1)C(=O)c1ccccn1. The fourth-order valence-corrected chi connectivity index (χ4v) is 1.61. The summed E-state index contributed by atoms with van der Waals surface area (Å²) in [7, 11) is 0. The Labute approximate surface area is 114 Å². The highest BCUT2D eigenvalue weighted by Gasteiger charge is 2.29. The molecule has 0 saturated heterocycles. The zero-order valence-corrected chi connectivity index (χ0v) is 10.4. The first-order chi connectivity index (χ1) is 9.61. The van der Waals surface area contributed by atoms with Gasteiger partial charge in [-0.05, 0) is 24.3 Å². The fraction of sp³-hybridized carbons (Fsp3) is 0. The van der Waals surface area contributed by atoms with E-state index < -0.39 is 17.8 Å². The van der Waals surface area contributed by atoms with E-state index in [-0.39, 0.29) is 11.3 Å². The van der Waals surface area contributed by atoms with Gasteiger partial charge in [0, 0.05) is 11.8 Å². The third kappa shape index (κ3) is 2.69. The number of hydrogen-bond donors (Lipinski definition) is 1. The summed E-state index contributed by atoms with van der Waals surface area (Å²) in [5.41, 5.74) is 5.29. The molecule has 0 saturated carbocycles. The predicted molar refractivity (Wildman–Crippen MR) is 70.8 cm³/mol. The molecule has 0 unspecified atom stereocenters. The Bertz CT molecular complexity index is 590. The Kier molecular flexibility index (Phi) is 3.85. The average molecular weight is 269 g/mol. The molecule has 4 amide bonds. The van der Waals surface area contributed by atoms with Crippen LogP contribution in [0, 0.1) is 0 Å². The Balaban J connectivity index is 2.36. The van der Waals surface area contributed by atoms with Crippen LogP contribution >= 0.6 is 0 Å². The number of nitrogens with two attached hydrogens (primary N) is 1. The van der Waals surface area contributed by atoms with Crippen LogP contribution in [0.5, 0.6) is 0 Å². The van der Waals surface area contributed by atoms with E-state index in [0.29, 0.717) is 4.90 Å². The van der Waals surface area contributed by atoms with Gasteiger partial charge in [0.05, 0.1) is 0 Å². The molecule has 1 heterocycles. The highest BCUT2D eigenvalue weighted by atomic mass is 16.2. The third-order valence-corrected chi connectivity index (χ3v) is 2.53. The molecule has 0 spiro atoms. The molecule has 0 fully saturated rings. The standard InChI is InChI=1S/C14H11N3O3/c15-14(20)17(12(18)10-6-2-1-3-7-10)13(19)11-8-4-5-9-16-11/h1-9H,(H2,15,20). The van der Waals surface area contributed by atoms with Gasteiger partial charge in [0.2, 0.25) is 0 Å². The topological polar surface area (TPSA) is 93.4 Å². The van der Waals surface area contributed by atoms with E-state index in [4.69, 9.17) is 5.73 Å². The first-order valence-electron chi connectivity index (χ1n) is 5.75. The first kappa shape index (κ1) is 13.4. The summed E-state index contributed by atoms with van der Waals surface area (Å²) >= 11 is 0. The van der Waals surface area contributed by atoms with Crippen molar-refractivity contribution in [2.45, 2.75) is 0 Å². The summed E-state index contributed by atoms with van der Waals surface area (Å²) in [5.74, 6) is -1.64. The number of imide groups is 3. The van der Waals surface area contributed by atoms with E-state index in [1.54, 1.807) is 30.3 Å². The van der Waals surface area contributed by atoms with E-state index in [0.717, 1.165) is 0 Å². The van der Waals surface area contributed by atoms with Crippen LogP contribution in [-0.4, -0.2) is 27.7 Å². The monoisotopic (exact) mass is 269 g/mol. The minimum absolute atomic E-state index is 0.0319. The van der Waals surface area contributed by atoms with Crippen molar-refractivity contribution in [1.29, 1.82) is 0 Å². The maximum absolute atomic E-state index is 12.2. The van der Waals surface area contributed by atoms with Crippen molar-refractivity contribution in [2.24, 2.45) is 5.73 Å². The second-order valence-corrected chi connectivity index (χ2v) is 3.86. The number of hydrogen-bond acceptors (Lipinski definition) is 4. The number of pyridine rings is 1. The fourth-order valence-electron chi connectivity index (χ4n) is 1.61. The third-order valence-electron chi connectivity index (χ3n) is 2.53. The number of urea groups is 1. The Morgan fingerprint density at radius 1 is 0.900 bits per heavy atom. The number of carbonyl (C=O) groups is 3. The molecule has 0 radical (unpaired) electrons. The number of nitrogens with zero attached hydrogens (tertiary/aromatic N) is 2. The van der Waals surface area contributed by atoms with E-state index >= 15 is 0 Å². The van der Waals surface area contributed by atoms with Crippen molar-refractivity contribution in [1.82, 2.24) is 9.88 Å². The van der Waals surface area contributed by atoms with Crippen LogP contribution in [0.15, 0.2) is 54.7 Å². The molecule has 6 heteroatoms. The van der Waals surface area contributed by atoms with Gasteiger partial charge in [0.1, 0.15) is 5.69 Å². The zero-order chi connectivity index (χ0) is 14.5. The largest absolute Gasteiger partial charge is 0.351 e. The Morgan fingerprint density at radius 3 is 2.10 bits per heavy atom. The smallest absolute Gasteiger partial charge is 0.329 e. The molecule has 1 aromatic heterocycles. The van der Waals surface area contributed by atoms with Gasteiger partial charge in [-0.15, -0.1) is 0 Å². The zero-order valence-electron chi connectivity index (χ0n) is 10.4. The van der Waals surface area contributed by atoms with Gasteiger partial charge in [-0.2, -0.15) is 4.90 Å². The van der Waals surface area contributed by atoms with E-state index in [2.05, 4.69) is 4.98 Å². The lowest BCUT2D eigenvalue weighted by atomic mass is 10.2. The van der Waals surface area contributed by atoms with Crippen LogP contribution in [0.1, 0.15) is 20.8 Å². The molecule has 100 valence electrons. The molecule has 2 rings (SSSR count). The lowest BCUT2D eigenvalue weighted by molar-refractivity contribution is 0.0671. The number of carbonyl (C=O) groups excluding carboxylic acids is 3.